The number of fused-ring (bicyclic) bond motifs is 1. The Balaban J connectivity index is 1.42. The maximum atomic E-state index is 13.4. The van der Waals surface area contributed by atoms with Gasteiger partial charge in [-0.3, -0.25) is 9.10 Å². The van der Waals surface area contributed by atoms with Crippen LogP contribution in [-0.4, -0.2) is 32.7 Å². The van der Waals surface area contributed by atoms with Crippen LogP contribution in [0.1, 0.15) is 28.6 Å². The molecule has 1 atom stereocenters. The average molecular weight is 457 g/mol. The van der Waals surface area contributed by atoms with E-state index in [4.69, 9.17) is 4.42 Å². The molecule has 1 aliphatic rings. The van der Waals surface area contributed by atoms with Crippen LogP contribution in [0.5, 0.6) is 0 Å². The molecule has 0 radical (unpaired) electrons. The molecule has 1 aliphatic heterocycles. The first-order chi connectivity index (χ1) is 15.0. The van der Waals surface area contributed by atoms with Gasteiger partial charge in [0.15, 0.2) is 0 Å². The van der Waals surface area contributed by atoms with Gasteiger partial charge in [0.25, 0.3) is 15.9 Å². The third kappa shape index (κ3) is 4.65. The van der Waals surface area contributed by atoms with Gasteiger partial charge in [-0.05, 0) is 55.3 Å². The number of hydrogen-bond acceptors (Lipinski definition) is 5. The molecular weight excluding hydrogens is 432 g/mol. The zero-order valence-electron chi connectivity index (χ0n) is 17.2. The second-order valence-corrected chi connectivity index (χ2v) is 10.3. The summed E-state index contributed by atoms with van der Waals surface area (Å²) in [5.74, 6) is 2.08. The Morgan fingerprint density at radius 1 is 1.16 bits per heavy atom. The Hall–Kier alpha value is -2.71. The highest BCUT2D eigenvalue weighted by Crippen LogP contribution is 2.36. The lowest BCUT2D eigenvalue weighted by Crippen LogP contribution is -2.36. The Bertz CT molecular complexity index is 1160. The molecule has 31 heavy (non-hydrogen) atoms. The Kier molecular flexibility index (Phi) is 6.38. The van der Waals surface area contributed by atoms with E-state index in [0.717, 1.165) is 22.8 Å². The molecule has 0 saturated carbocycles. The molecular formula is C23H24N2O4S2. The molecule has 0 saturated heterocycles. The van der Waals surface area contributed by atoms with Crippen molar-refractivity contribution >= 4 is 33.4 Å². The van der Waals surface area contributed by atoms with Gasteiger partial charge in [-0.1, -0.05) is 24.3 Å². The highest BCUT2D eigenvalue weighted by atomic mass is 32.2. The number of sulfonamides is 1. The number of carbonyl (C=O) groups is 1. The fourth-order valence-electron chi connectivity index (χ4n) is 3.72. The first-order valence-corrected chi connectivity index (χ1v) is 12.7. The van der Waals surface area contributed by atoms with E-state index >= 15 is 0 Å². The largest absolute Gasteiger partial charge is 0.468 e. The molecule has 6 nitrogen and oxygen atoms in total. The van der Waals surface area contributed by atoms with Gasteiger partial charge >= 0.3 is 0 Å². The van der Waals surface area contributed by atoms with E-state index in [9.17, 15) is 13.2 Å². The molecule has 2 heterocycles. The number of benzene rings is 2. The first kappa shape index (κ1) is 21.5. The topological polar surface area (TPSA) is 79.6 Å². The van der Waals surface area contributed by atoms with E-state index in [1.165, 1.54) is 10.4 Å². The first-order valence-electron chi connectivity index (χ1n) is 10.1. The van der Waals surface area contributed by atoms with E-state index < -0.39 is 10.0 Å². The van der Waals surface area contributed by atoms with E-state index in [0.29, 0.717) is 24.2 Å². The van der Waals surface area contributed by atoms with E-state index in [-0.39, 0.29) is 16.8 Å². The number of nitrogens with one attached hydrogen (secondary N) is 1. The molecule has 3 aromatic rings. The lowest BCUT2D eigenvalue weighted by atomic mass is 10.1. The summed E-state index contributed by atoms with van der Waals surface area (Å²) in [6.45, 7) is 2.38. The predicted molar refractivity (Wildman–Crippen MR) is 123 cm³/mol. The molecule has 0 aliphatic carbocycles. The quantitative estimate of drug-likeness (QED) is 0.517. The van der Waals surface area contributed by atoms with E-state index in [1.807, 2.05) is 43.3 Å². The van der Waals surface area contributed by atoms with Crippen LogP contribution < -0.4 is 9.62 Å². The lowest BCUT2D eigenvalue weighted by Gasteiger charge is -2.24. The molecule has 1 aromatic heterocycles. The smallest absolute Gasteiger partial charge is 0.264 e. The molecule has 4 rings (SSSR count). The number of amides is 1. The summed E-state index contributed by atoms with van der Waals surface area (Å²) in [7, 11) is -3.77. The van der Waals surface area contributed by atoms with Gasteiger partial charge in [0.05, 0.1) is 22.6 Å². The number of carbonyl (C=O) groups excluding carboxylic acids is 1. The molecule has 8 heteroatoms. The minimum Gasteiger partial charge on any atom is -0.468 e. The molecule has 162 valence electrons. The van der Waals surface area contributed by atoms with Crippen LogP contribution in [0.4, 0.5) is 5.69 Å². The summed E-state index contributed by atoms with van der Waals surface area (Å²) in [6.07, 6.45) is 2.31. The fraction of sp³-hybridized carbons (Fsp3) is 0.261. The van der Waals surface area contributed by atoms with Crippen molar-refractivity contribution in [2.75, 3.05) is 16.6 Å². The van der Waals surface area contributed by atoms with Gasteiger partial charge in [0, 0.05) is 23.9 Å². The summed E-state index contributed by atoms with van der Waals surface area (Å²) < 4.78 is 33.5. The third-order valence-corrected chi connectivity index (χ3v) is 8.06. The molecule has 1 amide bonds. The van der Waals surface area contributed by atoms with Crippen LogP contribution in [0.3, 0.4) is 0 Å². The van der Waals surface area contributed by atoms with E-state index in [2.05, 4.69) is 5.32 Å². The number of nitrogens with zero attached hydrogens (tertiary/aromatic N) is 1. The Morgan fingerprint density at radius 2 is 2.00 bits per heavy atom. The van der Waals surface area contributed by atoms with E-state index in [1.54, 1.807) is 36.2 Å². The van der Waals surface area contributed by atoms with Crippen molar-refractivity contribution in [3.63, 3.8) is 0 Å². The van der Waals surface area contributed by atoms with Crippen LogP contribution >= 0.6 is 11.8 Å². The van der Waals surface area contributed by atoms with Crippen LogP contribution in [0.25, 0.3) is 0 Å². The maximum absolute atomic E-state index is 13.4. The number of furan rings is 1. The van der Waals surface area contributed by atoms with Gasteiger partial charge in [-0.15, -0.1) is 0 Å². The monoisotopic (exact) mass is 456 g/mol. The second-order valence-electron chi connectivity index (χ2n) is 7.40. The number of anilines is 1. The SMILES string of the molecule is C[C@@H]1Cc2ccccc2N1S(=O)(=O)c1cccc(C(=O)NCCSCc2ccco2)c1. The van der Waals surface area contributed by atoms with Crippen LogP contribution in [-0.2, 0) is 22.2 Å². The maximum Gasteiger partial charge on any atom is 0.264 e. The standard InChI is InChI=1S/C23H24N2O4S2/c1-17-14-18-6-2-3-10-22(18)25(17)31(27,28)21-9-4-7-19(15-21)23(26)24-11-13-30-16-20-8-5-12-29-20/h2-10,12,15,17H,11,13-14,16H2,1H3,(H,24,26)/t17-/m1/s1. The van der Waals surface area contributed by atoms with Crippen LogP contribution in [0.15, 0.2) is 76.2 Å². The summed E-state index contributed by atoms with van der Waals surface area (Å²) in [4.78, 5) is 12.7. The number of para-hydroxylation sites is 1. The van der Waals surface area contributed by atoms with Gasteiger partial charge in [-0.25, -0.2) is 8.42 Å². The van der Waals surface area contributed by atoms with Crippen LogP contribution in [0, 0.1) is 0 Å². The average Bonchev–Trinajstić information content (AvgIpc) is 3.40. The highest BCUT2D eigenvalue weighted by Gasteiger charge is 2.36. The minimum absolute atomic E-state index is 0.121. The zero-order valence-corrected chi connectivity index (χ0v) is 18.8. The number of hydrogen-bond donors (Lipinski definition) is 1. The summed E-state index contributed by atoms with van der Waals surface area (Å²) >= 11 is 1.66. The lowest BCUT2D eigenvalue weighted by molar-refractivity contribution is 0.0956. The van der Waals surface area contributed by atoms with Crippen molar-refractivity contribution in [2.45, 2.75) is 30.0 Å². The van der Waals surface area contributed by atoms with Crippen molar-refractivity contribution < 1.29 is 17.6 Å². The van der Waals surface area contributed by atoms with Gasteiger partial charge in [0.2, 0.25) is 0 Å². The third-order valence-electron chi connectivity index (χ3n) is 5.15. The molecule has 2 aromatic carbocycles. The molecule has 1 N–H and O–H groups in total. The predicted octanol–water partition coefficient (Wildman–Crippen LogP) is 4.08. The van der Waals surface area contributed by atoms with Crippen molar-refractivity contribution in [1.82, 2.24) is 5.32 Å². The summed E-state index contributed by atoms with van der Waals surface area (Å²) in [5.41, 5.74) is 2.05. The molecule has 0 bridgehead atoms. The molecule has 0 unspecified atom stereocenters. The second kappa shape index (κ2) is 9.20. The number of rotatable bonds is 8. The summed E-state index contributed by atoms with van der Waals surface area (Å²) in [5, 5.41) is 2.85. The van der Waals surface area contributed by atoms with Gasteiger partial charge in [-0.2, -0.15) is 11.8 Å². The summed E-state index contributed by atoms with van der Waals surface area (Å²) in [6, 6.07) is 17.4. The Labute approximate surface area is 186 Å². The number of thioether (sulfide) groups is 1. The van der Waals surface area contributed by atoms with Crippen molar-refractivity contribution in [3.8, 4) is 0 Å². The normalized spacial score (nSPS) is 15.6. The molecule has 0 fully saturated rings. The van der Waals surface area contributed by atoms with Crippen molar-refractivity contribution in [3.05, 3.63) is 83.8 Å². The fourth-order valence-corrected chi connectivity index (χ4v) is 6.22. The molecule has 0 spiro atoms. The zero-order chi connectivity index (χ0) is 21.8. The van der Waals surface area contributed by atoms with Gasteiger partial charge in [0.1, 0.15) is 5.76 Å². The van der Waals surface area contributed by atoms with Crippen LogP contribution in [0.2, 0.25) is 0 Å². The van der Waals surface area contributed by atoms with Crippen molar-refractivity contribution in [2.24, 2.45) is 0 Å². The van der Waals surface area contributed by atoms with Crippen molar-refractivity contribution in [1.29, 1.82) is 0 Å². The minimum atomic E-state index is -3.77. The van der Waals surface area contributed by atoms with Gasteiger partial charge < -0.3 is 9.73 Å². The highest BCUT2D eigenvalue weighted by molar-refractivity contribution is 7.98. The Morgan fingerprint density at radius 3 is 2.81 bits per heavy atom.